The summed E-state index contributed by atoms with van der Waals surface area (Å²) in [5.74, 6) is -0.820. The van der Waals surface area contributed by atoms with Gasteiger partial charge in [0.15, 0.2) is 12.6 Å². The number of rotatable bonds is 12. The van der Waals surface area contributed by atoms with Gasteiger partial charge in [-0.05, 0) is 84.5 Å². The first kappa shape index (κ1) is 42.8. The van der Waals surface area contributed by atoms with Crippen LogP contribution in [0.25, 0.3) is 0 Å². The Morgan fingerprint density at radius 2 is 1.46 bits per heavy atom. The first-order chi connectivity index (χ1) is 25.4. The summed E-state index contributed by atoms with van der Waals surface area (Å²) in [5, 5.41) is 89.5. The number of methoxy groups -OCH3 is 2. The van der Waals surface area contributed by atoms with Gasteiger partial charge in [0.1, 0.15) is 36.6 Å². The second-order valence-electron chi connectivity index (χ2n) is 18.4. The SMILES string of the molecule is CO[C@@H]1[C@@H](O)[C@H](OC[C@@H](CC[C@@H](C)[C@H]2[C@@H](O)[C@H](O)C3[C@]4(O)C[C@@H](O)C5=C[C@@H](O[C@@H]6OC[C@@H](O)[C@H](O)[C@H]6OC)CC[C@]5(C)C4CC[C@@]32C)C(C)C)OC[C@H]1O. The lowest BCUT2D eigenvalue weighted by Gasteiger charge is -2.64. The second kappa shape index (κ2) is 16.4. The second-order valence-corrected chi connectivity index (χ2v) is 18.4. The molecule has 0 amide bonds. The molecule has 0 radical (unpaired) electrons. The van der Waals surface area contributed by atoms with E-state index in [1.807, 2.05) is 6.08 Å². The molecule has 2 saturated heterocycles. The fraction of sp³-hybridized carbons (Fsp3) is 0.950. The third-order valence-electron chi connectivity index (χ3n) is 15.0. The molecule has 2 unspecified atom stereocenters. The molecule has 6 rings (SSSR count). The van der Waals surface area contributed by atoms with Crippen molar-refractivity contribution in [2.75, 3.05) is 34.0 Å². The Bertz CT molecular complexity index is 1300. The topological polar surface area (TPSA) is 217 Å². The third kappa shape index (κ3) is 7.38. The zero-order chi connectivity index (χ0) is 39.5. The molecule has 0 aromatic rings. The molecule has 20 atom stereocenters. The van der Waals surface area contributed by atoms with E-state index in [-0.39, 0.29) is 49.2 Å². The van der Waals surface area contributed by atoms with Crippen molar-refractivity contribution < 1.29 is 69.3 Å². The smallest absolute Gasteiger partial charge is 0.187 e. The van der Waals surface area contributed by atoms with Gasteiger partial charge in [-0.2, -0.15) is 0 Å². The Morgan fingerprint density at radius 1 is 0.796 bits per heavy atom. The van der Waals surface area contributed by atoms with Crippen LogP contribution in [0.15, 0.2) is 11.6 Å². The van der Waals surface area contributed by atoms with Gasteiger partial charge < -0.3 is 69.3 Å². The number of aliphatic hydroxyl groups excluding tert-OH is 7. The molecule has 0 spiro atoms. The summed E-state index contributed by atoms with van der Waals surface area (Å²) in [6.45, 7) is 10.8. The summed E-state index contributed by atoms with van der Waals surface area (Å²) < 4.78 is 34.2. The van der Waals surface area contributed by atoms with Gasteiger partial charge in [0.05, 0.1) is 49.8 Å². The van der Waals surface area contributed by atoms with Gasteiger partial charge in [0, 0.05) is 26.6 Å². The molecular formula is C40H68O14. The standard InChI is InChI=1S/C40H68O14/c1-19(2)21(16-51-36-32(47)33(49-6)26(43)18-52-36)9-8-20(3)28-30(45)31(46)35-39(28,5)13-11-27-38(4)12-10-22(14-23(38)24(41)15-40(27,35)48)54-37-34(50-7)29(44)25(42)17-53-37/h14,19-22,24-37,41-48H,8-13,15-18H2,1-7H3/t20-,21-,22+,24-,25-,26-,27?,28+,29+,30-,31+,32-,33+,34-,35?,36-,37+,38+,39-,40+/m1/s1. The molecule has 0 aromatic carbocycles. The van der Waals surface area contributed by atoms with E-state index in [2.05, 4.69) is 34.6 Å². The largest absolute Gasteiger partial charge is 0.390 e. The van der Waals surface area contributed by atoms with Crippen molar-refractivity contribution in [3.8, 4) is 0 Å². The molecule has 14 heteroatoms. The van der Waals surface area contributed by atoms with Crippen molar-refractivity contribution in [2.24, 2.45) is 46.3 Å². The highest BCUT2D eigenvalue weighted by Gasteiger charge is 2.72. The number of hydrogen-bond donors (Lipinski definition) is 8. The van der Waals surface area contributed by atoms with Crippen molar-refractivity contribution in [2.45, 2.75) is 159 Å². The van der Waals surface area contributed by atoms with E-state index in [0.717, 1.165) is 18.4 Å². The van der Waals surface area contributed by atoms with Gasteiger partial charge >= 0.3 is 0 Å². The predicted molar refractivity (Wildman–Crippen MR) is 193 cm³/mol. The quantitative estimate of drug-likeness (QED) is 0.129. The van der Waals surface area contributed by atoms with E-state index in [0.29, 0.717) is 32.3 Å². The van der Waals surface area contributed by atoms with Crippen LogP contribution in [-0.4, -0.2) is 154 Å². The van der Waals surface area contributed by atoms with Crippen LogP contribution in [0.3, 0.4) is 0 Å². The minimum absolute atomic E-state index is 0.000276. The fourth-order valence-electron chi connectivity index (χ4n) is 12.1. The van der Waals surface area contributed by atoms with E-state index in [1.165, 1.54) is 14.2 Å². The van der Waals surface area contributed by atoms with Crippen LogP contribution in [0.5, 0.6) is 0 Å². The average Bonchev–Trinajstić information content (AvgIpc) is 3.32. The Balaban J connectivity index is 1.14. The first-order valence-electron chi connectivity index (χ1n) is 20.2. The molecule has 0 aromatic heterocycles. The predicted octanol–water partition coefficient (Wildman–Crippen LogP) is 0.869. The fourth-order valence-corrected chi connectivity index (χ4v) is 12.1. The Morgan fingerprint density at radius 3 is 2.13 bits per heavy atom. The lowest BCUT2D eigenvalue weighted by molar-refractivity contribution is -0.285. The normalized spacial score (nSPS) is 50.5. The molecular weight excluding hydrogens is 704 g/mol. The number of ether oxygens (including phenoxy) is 6. The van der Waals surface area contributed by atoms with Crippen LogP contribution in [0.2, 0.25) is 0 Å². The summed E-state index contributed by atoms with van der Waals surface area (Å²) in [5.41, 5.74) is -1.78. The van der Waals surface area contributed by atoms with Crippen LogP contribution in [0.1, 0.15) is 79.6 Å². The zero-order valence-corrected chi connectivity index (χ0v) is 33.1. The van der Waals surface area contributed by atoms with E-state index < -0.39 is 96.0 Å². The van der Waals surface area contributed by atoms with E-state index >= 15 is 0 Å². The van der Waals surface area contributed by atoms with Crippen LogP contribution < -0.4 is 0 Å². The lowest BCUT2D eigenvalue weighted by atomic mass is 9.43. The van der Waals surface area contributed by atoms with Gasteiger partial charge in [-0.1, -0.05) is 40.7 Å². The third-order valence-corrected chi connectivity index (χ3v) is 15.0. The summed E-state index contributed by atoms with van der Waals surface area (Å²) in [6.07, 6.45) is -5.40. The molecule has 0 bridgehead atoms. The molecule has 5 fully saturated rings. The molecule has 14 nitrogen and oxygen atoms in total. The van der Waals surface area contributed by atoms with Gasteiger partial charge in [-0.3, -0.25) is 0 Å². The van der Waals surface area contributed by atoms with Crippen molar-refractivity contribution in [1.82, 2.24) is 0 Å². The van der Waals surface area contributed by atoms with Crippen LogP contribution in [-0.2, 0) is 28.4 Å². The summed E-state index contributed by atoms with van der Waals surface area (Å²) in [6, 6.07) is 0. The lowest BCUT2D eigenvalue weighted by Crippen LogP contribution is -2.66. The van der Waals surface area contributed by atoms with Gasteiger partial charge in [-0.15, -0.1) is 0 Å². The van der Waals surface area contributed by atoms with E-state index in [1.54, 1.807) is 0 Å². The molecule has 6 aliphatic rings. The molecule has 3 saturated carbocycles. The number of hydrogen-bond acceptors (Lipinski definition) is 14. The average molecular weight is 773 g/mol. The highest BCUT2D eigenvalue weighted by molar-refractivity contribution is 5.33. The molecule has 8 N–H and O–H groups in total. The maximum Gasteiger partial charge on any atom is 0.187 e. The van der Waals surface area contributed by atoms with Crippen molar-refractivity contribution >= 4 is 0 Å². The zero-order valence-electron chi connectivity index (χ0n) is 33.1. The highest BCUT2D eigenvalue weighted by atomic mass is 16.7. The number of aliphatic hydroxyl groups is 8. The summed E-state index contributed by atoms with van der Waals surface area (Å²) in [7, 11) is 2.86. The van der Waals surface area contributed by atoms with E-state index in [4.69, 9.17) is 28.4 Å². The van der Waals surface area contributed by atoms with Crippen LogP contribution >= 0.6 is 0 Å². The molecule has 4 aliphatic carbocycles. The van der Waals surface area contributed by atoms with E-state index in [9.17, 15) is 40.9 Å². The maximum atomic E-state index is 12.8. The Hall–Kier alpha value is -0.820. The monoisotopic (exact) mass is 772 g/mol. The Kier molecular flexibility index (Phi) is 13.0. The van der Waals surface area contributed by atoms with Gasteiger partial charge in [-0.25, -0.2) is 0 Å². The molecule has 2 heterocycles. The Labute approximate surface area is 319 Å². The summed E-state index contributed by atoms with van der Waals surface area (Å²) in [4.78, 5) is 0. The van der Waals surface area contributed by atoms with Crippen molar-refractivity contribution in [1.29, 1.82) is 0 Å². The van der Waals surface area contributed by atoms with Crippen LogP contribution in [0.4, 0.5) is 0 Å². The first-order valence-corrected chi connectivity index (χ1v) is 20.2. The summed E-state index contributed by atoms with van der Waals surface area (Å²) >= 11 is 0. The minimum atomic E-state index is -1.42. The van der Waals surface area contributed by atoms with Gasteiger partial charge in [0.25, 0.3) is 0 Å². The van der Waals surface area contributed by atoms with Crippen molar-refractivity contribution in [3.63, 3.8) is 0 Å². The maximum absolute atomic E-state index is 12.8. The molecule has 54 heavy (non-hydrogen) atoms. The molecule has 2 aliphatic heterocycles. The van der Waals surface area contributed by atoms with Crippen molar-refractivity contribution in [3.05, 3.63) is 11.6 Å². The van der Waals surface area contributed by atoms with Crippen LogP contribution in [0, 0.1) is 46.3 Å². The highest BCUT2D eigenvalue weighted by Crippen LogP contribution is 2.69. The minimum Gasteiger partial charge on any atom is -0.390 e. The number of fused-ring (bicyclic) bond motifs is 5. The van der Waals surface area contributed by atoms with Gasteiger partial charge in [0.2, 0.25) is 0 Å². The molecule has 312 valence electrons.